The number of fused-ring (bicyclic) bond motifs is 1. The molecule has 0 unspecified atom stereocenters. The number of carbonyl (C=O) groups is 1. The maximum Gasteiger partial charge on any atom is 0.387 e. The van der Waals surface area contributed by atoms with Crippen molar-refractivity contribution in [2.45, 2.75) is 26.6 Å². The lowest BCUT2D eigenvalue weighted by Gasteiger charge is -2.08. The van der Waals surface area contributed by atoms with Gasteiger partial charge in [-0.15, -0.1) is 0 Å². The second-order valence-electron chi connectivity index (χ2n) is 7.50. The van der Waals surface area contributed by atoms with E-state index < -0.39 is 6.61 Å². The lowest BCUT2D eigenvalue weighted by Crippen LogP contribution is -2.25. The van der Waals surface area contributed by atoms with Crippen LogP contribution >= 0.6 is 0 Å². The van der Waals surface area contributed by atoms with Gasteiger partial charge in [-0.3, -0.25) is 4.79 Å². The molecule has 2 heterocycles. The van der Waals surface area contributed by atoms with Crippen LogP contribution in [0.4, 0.5) is 8.78 Å². The molecule has 1 amide bonds. The molecule has 0 atom stereocenters. The molecule has 0 fully saturated rings. The second-order valence-corrected chi connectivity index (χ2v) is 7.50. The molecule has 0 saturated heterocycles. The van der Waals surface area contributed by atoms with Gasteiger partial charge in [0.2, 0.25) is 0 Å². The minimum Gasteiger partial charge on any atom is -0.487 e. The van der Waals surface area contributed by atoms with E-state index >= 15 is 0 Å². The minimum atomic E-state index is -2.85. The monoisotopic (exact) mass is 451 g/mol. The van der Waals surface area contributed by atoms with Crippen molar-refractivity contribution < 1.29 is 23.0 Å². The Hall–Kier alpha value is -3.94. The molecule has 0 aliphatic carbocycles. The number of ether oxygens (including phenoxy) is 2. The molecule has 0 saturated carbocycles. The molecule has 170 valence electrons. The number of pyridine rings is 1. The predicted octanol–water partition coefficient (Wildman–Crippen LogP) is 4.80. The topological polar surface area (TPSA) is 64.9 Å². The number of hydrogen-bond acceptors (Lipinski definition) is 4. The van der Waals surface area contributed by atoms with Crippen molar-refractivity contribution in [3.05, 3.63) is 95.4 Å². The van der Waals surface area contributed by atoms with Crippen molar-refractivity contribution in [3.8, 4) is 11.5 Å². The summed E-state index contributed by atoms with van der Waals surface area (Å²) in [5.74, 6) is 0.554. The zero-order valence-corrected chi connectivity index (χ0v) is 18.0. The molecular formula is C25H23F2N3O3. The Balaban J connectivity index is 1.25. The molecule has 4 aromatic rings. The maximum absolute atomic E-state index is 12.4. The summed E-state index contributed by atoms with van der Waals surface area (Å²) < 4.78 is 36.5. The molecule has 4 rings (SSSR count). The van der Waals surface area contributed by atoms with E-state index in [1.807, 2.05) is 35.9 Å². The van der Waals surface area contributed by atoms with Crippen LogP contribution in [0, 0.1) is 6.92 Å². The summed E-state index contributed by atoms with van der Waals surface area (Å²) in [6, 6.07) is 17.2. The highest BCUT2D eigenvalue weighted by Gasteiger charge is 2.08. The summed E-state index contributed by atoms with van der Waals surface area (Å²) in [7, 11) is 0. The van der Waals surface area contributed by atoms with Crippen LogP contribution in [0.1, 0.15) is 27.2 Å². The number of imidazole rings is 1. The van der Waals surface area contributed by atoms with E-state index in [9.17, 15) is 13.6 Å². The average molecular weight is 451 g/mol. The van der Waals surface area contributed by atoms with E-state index in [1.165, 1.54) is 12.1 Å². The van der Waals surface area contributed by atoms with Gasteiger partial charge >= 0.3 is 6.61 Å². The zero-order chi connectivity index (χ0) is 23.2. The Morgan fingerprint density at radius 3 is 2.48 bits per heavy atom. The number of carbonyl (C=O) groups excluding carboxylic acids is 1. The van der Waals surface area contributed by atoms with Crippen LogP contribution in [0.25, 0.3) is 5.65 Å². The van der Waals surface area contributed by atoms with Crippen molar-refractivity contribution in [1.29, 1.82) is 0 Å². The molecule has 8 heteroatoms. The third-order valence-corrected chi connectivity index (χ3v) is 5.08. The number of nitrogens with one attached hydrogen (secondary N) is 1. The number of rotatable bonds is 9. The first kappa shape index (κ1) is 22.3. The van der Waals surface area contributed by atoms with Gasteiger partial charge in [0.1, 0.15) is 23.8 Å². The summed E-state index contributed by atoms with van der Waals surface area (Å²) in [5, 5.41) is 2.85. The summed E-state index contributed by atoms with van der Waals surface area (Å²) >= 11 is 0. The average Bonchev–Trinajstić information content (AvgIpc) is 3.23. The van der Waals surface area contributed by atoms with Crippen molar-refractivity contribution in [2.75, 3.05) is 6.54 Å². The van der Waals surface area contributed by atoms with Crippen LogP contribution in [-0.4, -0.2) is 28.4 Å². The molecule has 33 heavy (non-hydrogen) atoms. The van der Waals surface area contributed by atoms with E-state index in [1.54, 1.807) is 36.4 Å². The van der Waals surface area contributed by atoms with Gasteiger partial charge in [-0.2, -0.15) is 8.78 Å². The number of alkyl halides is 2. The Morgan fingerprint density at radius 2 is 1.79 bits per heavy atom. The number of hydrogen-bond donors (Lipinski definition) is 1. The molecule has 0 bridgehead atoms. The highest BCUT2D eigenvalue weighted by atomic mass is 19.3. The first-order valence-electron chi connectivity index (χ1n) is 10.5. The Labute approximate surface area is 189 Å². The summed E-state index contributed by atoms with van der Waals surface area (Å²) in [4.78, 5) is 16.9. The fourth-order valence-corrected chi connectivity index (χ4v) is 3.39. The maximum atomic E-state index is 12.4. The largest absolute Gasteiger partial charge is 0.487 e. The fourth-order valence-electron chi connectivity index (χ4n) is 3.39. The normalized spacial score (nSPS) is 11.0. The van der Waals surface area contributed by atoms with Gasteiger partial charge in [-0.25, -0.2) is 4.98 Å². The molecule has 2 aromatic heterocycles. The second kappa shape index (κ2) is 10.1. The molecular weight excluding hydrogens is 428 g/mol. The van der Waals surface area contributed by atoms with Crippen LogP contribution in [0.2, 0.25) is 0 Å². The van der Waals surface area contributed by atoms with Gasteiger partial charge in [-0.1, -0.05) is 18.2 Å². The van der Waals surface area contributed by atoms with Crippen LogP contribution < -0.4 is 14.8 Å². The molecule has 0 radical (unpaired) electrons. The number of aromatic nitrogens is 2. The smallest absolute Gasteiger partial charge is 0.387 e. The number of halogens is 2. The minimum absolute atomic E-state index is 0.108. The number of aryl methyl sites for hydroxylation is 1. The van der Waals surface area contributed by atoms with E-state index in [-0.39, 0.29) is 11.7 Å². The lowest BCUT2D eigenvalue weighted by molar-refractivity contribution is -0.0498. The van der Waals surface area contributed by atoms with Gasteiger partial charge in [-0.05, 0) is 66.9 Å². The number of amides is 1. The van der Waals surface area contributed by atoms with Gasteiger partial charge in [0.15, 0.2) is 0 Å². The molecule has 0 aliphatic heterocycles. The first-order valence-corrected chi connectivity index (χ1v) is 10.5. The lowest BCUT2D eigenvalue weighted by atomic mass is 10.1. The molecule has 2 aromatic carbocycles. The Morgan fingerprint density at radius 1 is 1.06 bits per heavy atom. The predicted molar refractivity (Wildman–Crippen MR) is 120 cm³/mol. The van der Waals surface area contributed by atoms with Gasteiger partial charge in [0.05, 0.1) is 5.69 Å². The standard InChI is InChI=1S/C25H23F2N3O3/c1-17-3-2-14-30-15-20(29-23(17)30)16-32-21-10-6-19(7-11-21)24(31)28-13-12-18-4-8-22(9-5-18)33-25(26)27/h2-11,14-15,25H,12-13,16H2,1H3,(H,28,31). The van der Waals surface area contributed by atoms with E-state index in [0.717, 1.165) is 22.5 Å². The highest BCUT2D eigenvalue weighted by Crippen LogP contribution is 2.17. The van der Waals surface area contributed by atoms with Crippen LogP contribution in [0.15, 0.2) is 73.1 Å². The third kappa shape index (κ3) is 5.85. The summed E-state index contributed by atoms with van der Waals surface area (Å²) in [6.07, 6.45) is 4.45. The van der Waals surface area contributed by atoms with Crippen LogP contribution in [0.5, 0.6) is 11.5 Å². The molecule has 1 N–H and O–H groups in total. The van der Waals surface area contributed by atoms with Gasteiger partial charge in [0.25, 0.3) is 5.91 Å². The highest BCUT2D eigenvalue weighted by molar-refractivity contribution is 5.94. The summed E-state index contributed by atoms with van der Waals surface area (Å²) in [5.41, 5.74) is 4.24. The Bertz CT molecular complexity index is 1220. The van der Waals surface area contributed by atoms with Gasteiger partial charge < -0.3 is 19.2 Å². The first-order chi connectivity index (χ1) is 16.0. The molecule has 0 spiro atoms. The fraction of sp³-hybridized carbons (Fsp3) is 0.200. The number of nitrogens with zero attached hydrogens (tertiary/aromatic N) is 2. The quantitative estimate of drug-likeness (QED) is 0.397. The van der Waals surface area contributed by atoms with E-state index in [4.69, 9.17) is 4.74 Å². The van der Waals surface area contributed by atoms with E-state index in [2.05, 4.69) is 15.0 Å². The van der Waals surface area contributed by atoms with E-state index in [0.29, 0.717) is 30.9 Å². The van der Waals surface area contributed by atoms with Crippen molar-refractivity contribution in [2.24, 2.45) is 0 Å². The molecule has 6 nitrogen and oxygen atoms in total. The van der Waals surface area contributed by atoms with Crippen LogP contribution in [0.3, 0.4) is 0 Å². The van der Waals surface area contributed by atoms with Gasteiger partial charge in [0, 0.05) is 24.5 Å². The van der Waals surface area contributed by atoms with Crippen molar-refractivity contribution in [1.82, 2.24) is 14.7 Å². The Kier molecular flexibility index (Phi) is 6.83. The summed E-state index contributed by atoms with van der Waals surface area (Å²) in [6.45, 7) is -0.0898. The third-order valence-electron chi connectivity index (χ3n) is 5.08. The van der Waals surface area contributed by atoms with Crippen LogP contribution in [-0.2, 0) is 13.0 Å². The SMILES string of the molecule is Cc1cccn2cc(COc3ccc(C(=O)NCCc4ccc(OC(F)F)cc4)cc3)nc12. The zero-order valence-electron chi connectivity index (χ0n) is 18.0. The molecule has 0 aliphatic rings. The van der Waals surface area contributed by atoms with Crippen molar-refractivity contribution >= 4 is 11.6 Å². The number of benzene rings is 2. The van der Waals surface area contributed by atoms with Crippen molar-refractivity contribution in [3.63, 3.8) is 0 Å².